The Hall–Kier alpha value is -3.26. The molecule has 1 aliphatic rings. The molecule has 2 aromatic rings. The van der Waals surface area contributed by atoms with Crippen LogP contribution in [0.15, 0.2) is 48.5 Å². The van der Waals surface area contributed by atoms with Gasteiger partial charge in [-0.25, -0.2) is 0 Å². The van der Waals surface area contributed by atoms with Crippen LogP contribution in [-0.4, -0.2) is 59.3 Å². The minimum atomic E-state index is -0.557. The summed E-state index contributed by atoms with van der Waals surface area (Å²) < 4.78 is 0. The third-order valence-electron chi connectivity index (χ3n) is 4.93. The molecule has 0 unspecified atom stereocenters. The molecule has 0 bridgehead atoms. The molecule has 8 heteroatoms. The first-order valence-corrected chi connectivity index (χ1v) is 9.51. The number of rotatable bonds is 6. The molecular formula is C21H24N4O4. The van der Waals surface area contributed by atoms with Gasteiger partial charge in [0.1, 0.15) is 0 Å². The van der Waals surface area contributed by atoms with Crippen molar-refractivity contribution in [2.75, 3.05) is 32.7 Å². The maximum atomic E-state index is 12.4. The van der Waals surface area contributed by atoms with Gasteiger partial charge < -0.3 is 10.2 Å². The van der Waals surface area contributed by atoms with E-state index in [-0.39, 0.29) is 23.7 Å². The molecule has 0 aromatic heterocycles. The molecule has 0 atom stereocenters. The summed E-state index contributed by atoms with van der Waals surface area (Å²) in [6.45, 7) is 5.57. The highest BCUT2D eigenvalue weighted by Crippen LogP contribution is 2.13. The van der Waals surface area contributed by atoms with E-state index in [1.165, 1.54) is 35.4 Å². The molecule has 1 saturated heterocycles. The maximum Gasteiger partial charge on any atom is 0.270 e. The smallest absolute Gasteiger partial charge is 0.270 e. The summed E-state index contributed by atoms with van der Waals surface area (Å²) in [5.74, 6) is -0.654. The van der Waals surface area contributed by atoms with Crippen molar-refractivity contribution in [3.8, 4) is 0 Å². The second kappa shape index (κ2) is 9.29. The predicted octanol–water partition coefficient (Wildman–Crippen LogP) is 1.98. The summed E-state index contributed by atoms with van der Waals surface area (Å²) in [5, 5.41) is 13.4. The standard InChI is InChI=1S/C21H24N4O4/c1-16-4-2-5-17(12-16)15-23-8-10-24(11-9-23)20(26)14-22-21(27)18-6-3-7-19(13-18)25(28)29/h2-7,12-13H,8-11,14-15H2,1H3,(H,22,27). The van der Waals surface area contributed by atoms with Gasteiger partial charge in [0.05, 0.1) is 11.5 Å². The van der Waals surface area contributed by atoms with Crippen molar-refractivity contribution in [3.05, 3.63) is 75.3 Å². The number of nitro benzene ring substituents is 1. The number of carbonyl (C=O) groups is 2. The molecule has 29 heavy (non-hydrogen) atoms. The number of hydrogen-bond acceptors (Lipinski definition) is 5. The molecule has 0 aliphatic carbocycles. The molecule has 0 radical (unpaired) electrons. The van der Waals surface area contributed by atoms with Gasteiger partial charge in [-0.3, -0.25) is 24.6 Å². The zero-order chi connectivity index (χ0) is 20.8. The third-order valence-corrected chi connectivity index (χ3v) is 4.93. The number of benzene rings is 2. The van der Waals surface area contributed by atoms with Crippen LogP contribution >= 0.6 is 0 Å². The molecule has 0 saturated carbocycles. The molecule has 1 heterocycles. The van der Waals surface area contributed by atoms with E-state index in [9.17, 15) is 19.7 Å². The Bertz CT molecular complexity index is 907. The molecule has 2 aromatic carbocycles. The number of nitro groups is 1. The average Bonchev–Trinajstić information content (AvgIpc) is 2.72. The SMILES string of the molecule is Cc1cccc(CN2CCN(C(=O)CNC(=O)c3cccc([N+](=O)[O-])c3)CC2)c1. The minimum Gasteiger partial charge on any atom is -0.343 e. The molecule has 3 rings (SSSR count). The fourth-order valence-electron chi connectivity index (χ4n) is 3.35. The van der Waals surface area contributed by atoms with Crippen molar-refractivity contribution in [2.24, 2.45) is 0 Å². The van der Waals surface area contributed by atoms with Crippen LogP contribution < -0.4 is 5.32 Å². The van der Waals surface area contributed by atoms with Gasteiger partial charge in [-0.15, -0.1) is 0 Å². The van der Waals surface area contributed by atoms with Gasteiger partial charge in [0.15, 0.2) is 0 Å². The van der Waals surface area contributed by atoms with Crippen LogP contribution in [0.1, 0.15) is 21.5 Å². The molecule has 0 spiro atoms. The van der Waals surface area contributed by atoms with Crippen LogP contribution in [0.25, 0.3) is 0 Å². The van der Waals surface area contributed by atoms with Gasteiger partial charge in [-0.05, 0) is 18.6 Å². The second-order valence-electron chi connectivity index (χ2n) is 7.14. The van der Waals surface area contributed by atoms with Crippen molar-refractivity contribution in [3.63, 3.8) is 0 Å². The lowest BCUT2D eigenvalue weighted by Gasteiger charge is -2.34. The van der Waals surface area contributed by atoms with E-state index >= 15 is 0 Å². The first-order valence-electron chi connectivity index (χ1n) is 9.51. The van der Waals surface area contributed by atoms with Crippen LogP contribution in [-0.2, 0) is 11.3 Å². The number of nitrogens with one attached hydrogen (secondary N) is 1. The Morgan fingerprint density at radius 1 is 1.07 bits per heavy atom. The number of non-ortho nitro benzene ring substituents is 1. The van der Waals surface area contributed by atoms with Gasteiger partial charge >= 0.3 is 0 Å². The van der Waals surface area contributed by atoms with Crippen LogP contribution in [0.3, 0.4) is 0 Å². The maximum absolute atomic E-state index is 12.4. The fourth-order valence-corrected chi connectivity index (χ4v) is 3.35. The zero-order valence-electron chi connectivity index (χ0n) is 16.3. The second-order valence-corrected chi connectivity index (χ2v) is 7.14. The highest BCUT2D eigenvalue weighted by molar-refractivity contribution is 5.96. The highest BCUT2D eigenvalue weighted by Gasteiger charge is 2.22. The van der Waals surface area contributed by atoms with Gasteiger partial charge in [-0.1, -0.05) is 35.9 Å². The lowest BCUT2D eigenvalue weighted by molar-refractivity contribution is -0.384. The first-order chi connectivity index (χ1) is 13.9. The predicted molar refractivity (Wildman–Crippen MR) is 108 cm³/mol. The molecule has 2 amide bonds. The van der Waals surface area contributed by atoms with E-state index in [1.807, 2.05) is 0 Å². The van der Waals surface area contributed by atoms with Gasteiger partial charge in [0, 0.05) is 50.4 Å². The Morgan fingerprint density at radius 2 is 1.79 bits per heavy atom. The largest absolute Gasteiger partial charge is 0.343 e. The van der Waals surface area contributed by atoms with Crippen LogP contribution in [0.5, 0.6) is 0 Å². The Labute approximate surface area is 169 Å². The van der Waals surface area contributed by atoms with Crippen molar-refractivity contribution in [1.29, 1.82) is 0 Å². The molecular weight excluding hydrogens is 372 g/mol. The van der Waals surface area contributed by atoms with Crippen molar-refractivity contribution < 1.29 is 14.5 Å². The van der Waals surface area contributed by atoms with E-state index in [4.69, 9.17) is 0 Å². The normalized spacial score (nSPS) is 14.4. The third kappa shape index (κ3) is 5.61. The summed E-state index contributed by atoms with van der Waals surface area (Å²) in [6.07, 6.45) is 0. The van der Waals surface area contributed by atoms with Crippen LogP contribution in [0.4, 0.5) is 5.69 Å². The van der Waals surface area contributed by atoms with Gasteiger partial charge in [0.2, 0.25) is 5.91 Å². The van der Waals surface area contributed by atoms with E-state index in [0.717, 1.165) is 19.6 Å². The lowest BCUT2D eigenvalue weighted by atomic mass is 10.1. The summed E-state index contributed by atoms with van der Waals surface area (Å²) in [4.78, 5) is 38.9. The zero-order valence-corrected chi connectivity index (χ0v) is 16.3. The Kier molecular flexibility index (Phi) is 6.56. The summed E-state index contributed by atoms with van der Waals surface area (Å²) in [7, 11) is 0. The van der Waals surface area contributed by atoms with E-state index < -0.39 is 10.8 Å². The molecule has 1 N–H and O–H groups in total. The number of nitrogens with zero attached hydrogens (tertiary/aromatic N) is 3. The van der Waals surface area contributed by atoms with E-state index in [1.54, 1.807) is 4.90 Å². The Morgan fingerprint density at radius 3 is 2.48 bits per heavy atom. The number of aryl methyl sites for hydroxylation is 1. The highest BCUT2D eigenvalue weighted by atomic mass is 16.6. The van der Waals surface area contributed by atoms with Gasteiger partial charge in [0.25, 0.3) is 11.6 Å². The van der Waals surface area contributed by atoms with Crippen molar-refractivity contribution >= 4 is 17.5 Å². The molecule has 1 fully saturated rings. The first kappa shape index (κ1) is 20.5. The molecule has 152 valence electrons. The van der Waals surface area contributed by atoms with Crippen molar-refractivity contribution in [1.82, 2.24) is 15.1 Å². The number of piperazine rings is 1. The van der Waals surface area contributed by atoms with E-state index in [0.29, 0.717) is 13.1 Å². The average molecular weight is 396 g/mol. The fraction of sp³-hybridized carbons (Fsp3) is 0.333. The number of hydrogen-bond donors (Lipinski definition) is 1. The minimum absolute atomic E-state index is 0.126. The molecule has 1 aliphatic heterocycles. The number of carbonyl (C=O) groups excluding carboxylic acids is 2. The summed E-state index contributed by atoms with van der Waals surface area (Å²) >= 11 is 0. The molecule has 8 nitrogen and oxygen atoms in total. The van der Waals surface area contributed by atoms with Crippen molar-refractivity contribution in [2.45, 2.75) is 13.5 Å². The van der Waals surface area contributed by atoms with Gasteiger partial charge in [-0.2, -0.15) is 0 Å². The number of amides is 2. The quantitative estimate of drug-likeness (QED) is 0.595. The summed E-state index contributed by atoms with van der Waals surface area (Å²) in [5.41, 5.74) is 2.49. The Balaban J connectivity index is 1.45. The topological polar surface area (TPSA) is 95.8 Å². The van der Waals surface area contributed by atoms with E-state index in [2.05, 4.69) is 41.4 Å². The van der Waals surface area contributed by atoms with Crippen LogP contribution in [0, 0.1) is 17.0 Å². The van der Waals surface area contributed by atoms with Crippen LogP contribution in [0.2, 0.25) is 0 Å². The lowest BCUT2D eigenvalue weighted by Crippen LogP contribution is -2.50. The monoisotopic (exact) mass is 396 g/mol. The summed E-state index contributed by atoms with van der Waals surface area (Å²) in [6, 6.07) is 13.8.